The SMILES string of the molecule is Cc1cccn2c(C(C)(C)NC(=O)C3COCCN(C)C3)ncc12. The van der Waals surface area contributed by atoms with E-state index in [-0.39, 0.29) is 11.8 Å². The summed E-state index contributed by atoms with van der Waals surface area (Å²) in [5, 5.41) is 3.16. The fourth-order valence-corrected chi connectivity index (χ4v) is 3.22. The van der Waals surface area contributed by atoms with Crippen molar-refractivity contribution >= 4 is 11.4 Å². The number of hydrogen-bond acceptors (Lipinski definition) is 4. The van der Waals surface area contributed by atoms with Crippen LogP contribution in [-0.4, -0.2) is 53.5 Å². The maximum Gasteiger partial charge on any atom is 0.227 e. The number of imidazole rings is 1. The van der Waals surface area contributed by atoms with E-state index in [2.05, 4.69) is 28.2 Å². The minimum atomic E-state index is -0.567. The van der Waals surface area contributed by atoms with E-state index >= 15 is 0 Å². The molecule has 0 aliphatic carbocycles. The minimum Gasteiger partial charge on any atom is -0.379 e. The molecule has 6 heteroatoms. The molecule has 1 fully saturated rings. The fraction of sp³-hybridized carbons (Fsp3) is 0.556. The van der Waals surface area contributed by atoms with Gasteiger partial charge in [0.25, 0.3) is 0 Å². The van der Waals surface area contributed by atoms with Gasteiger partial charge in [-0.25, -0.2) is 4.98 Å². The van der Waals surface area contributed by atoms with E-state index in [9.17, 15) is 4.79 Å². The Morgan fingerprint density at radius 1 is 1.46 bits per heavy atom. The van der Waals surface area contributed by atoms with Crippen molar-refractivity contribution in [3.8, 4) is 0 Å². The van der Waals surface area contributed by atoms with Crippen LogP contribution in [0.1, 0.15) is 25.2 Å². The van der Waals surface area contributed by atoms with Gasteiger partial charge >= 0.3 is 0 Å². The number of carbonyl (C=O) groups is 1. The van der Waals surface area contributed by atoms with Gasteiger partial charge in [-0.15, -0.1) is 0 Å². The van der Waals surface area contributed by atoms with E-state index in [1.165, 1.54) is 0 Å². The molecule has 24 heavy (non-hydrogen) atoms. The van der Waals surface area contributed by atoms with Gasteiger partial charge in [-0.05, 0) is 39.4 Å². The molecule has 130 valence electrons. The summed E-state index contributed by atoms with van der Waals surface area (Å²) in [5.74, 6) is 0.681. The number of hydrogen-bond donors (Lipinski definition) is 1. The standard InChI is InChI=1S/C18H26N4O2/c1-13-6-5-7-22-15(13)10-19-17(22)18(2,3)20-16(23)14-11-21(4)8-9-24-12-14/h5-7,10,14H,8-9,11-12H2,1-4H3,(H,20,23). The molecule has 1 unspecified atom stereocenters. The largest absolute Gasteiger partial charge is 0.379 e. The molecule has 1 atom stereocenters. The summed E-state index contributed by atoms with van der Waals surface area (Å²) in [7, 11) is 2.02. The predicted molar refractivity (Wildman–Crippen MR) is 92.9 cm³/mol. The molecule has 1 saturated heterocycles. The Morgan fingerprint density at radius 2 is 2.25 bits per heavy atom. The quantitative estimate of drug-likeness (QED) is 0.928. The van der Waals surface area contributed by atoms with Gasteiger partial charge in [-0.2, -0.15) is 0 Å². The summed E-state index contributed by atoms with van der Waals surface area (Å²) in [4.78, 5) is 19.5. The predicted octanol–water partition coefficient (Wildman–Crippen LogP) is 1.57. The van der Waals surface area contributed by atoms with Gasteiger partial charge in [-0.3, -0.25) is 4.79 Å². The van der Waals surface area contributed by atoms with Crippen LogP contribution in [0, 0.1) is 12.8 Å². The summed E-state index contributed by atoms with van der Waals surface area (Å²) in [6, 6.07) is 4.06. The molecule has 3 heterocycles. The zero-order chi connectivity index (χ0) is 17.3. The fourth-order valence-electron chi connectivity index (χ4n) is 3.22. The second-order valence-electron chi connectivity index (χ2n) is 7.18. The first-order valence-electron chi connectivity index (χ1n) is 8.40. The van der Waals surface area contributed by atoms with Crippen LogP contribution >= 0.6 is 0 Å². The van der Waals surface area contributed by atoms with Gasteiger partial charge in [0, 0.05) is 19.3 Å². The molecule has 0 bridgehead atoms. The van der Waals surface area contributed by atoms with Gasteiger partial charge < -0.3 is 19.4 Å². The summed E-state index contributed by atoms with van der Waals surface area (Å²) >= 11 is 0. The average Bonchev–Trinajstić information content (AvgIpc) is 2.85. The zero-order valence-electron chi connectivity index (χ0n) is 14.9. The maximum absolute atomic E-state index is 12.8. The number of pyridine rings is 1. The second-order valence-corrected chi connectivity index (χ2v) is 7.18. The third-order valence-corrected chi connectivity index (χ3v) is 4.62. The van der Waals surface area contributed by atoms with Crippen LogP contribution in [0.4, 0.5) is 0 Å². The van der Waals surface area contributed by atoms with Crippen LogP contribution in [0.15, 0.2) is 24.5 Å². The lowest BCUT2D eigenvalue weighted by Crippen LogP contribution is -2.47. The Hall–Kier alpha value is -1.92. The van der Waals surface area contributed by atoms with Crippen LogP contribution in [0.25, 0.3) is 5.52 Å². The third-order valence-electron chi connectivity index (χ3n) is 4.62. The number of aromatic nitrogens is 2. The molecule has 1 aliphatic heterocycles. The van der Waals surface area contributed by atoms with Crippen molar-refractivity contribution in [2.24, 2.45) is 5.92 Å². The molecule has 0 saturated carbocycles. The molecular weight excluding hydrogens is 304 g/mol. The molecule has 2 aromatic rings. The van der Waals surface area contributed by atoms with Crippen molar-refractivity contribution in [1.82, 2.24) is 19.6 Å². The molecule has 0 spiro atoms. The molecule has 2 aromatic heterocycles. The number of amides is 1. The van der Waals surface area contributed by atoms with Crippen molar-refractivity contribution < 1.29 is 9.53 Å². The summed E-state index contributed by atoms with van der Waals surface area (Å²) in [5.41, 5.74) is 1.66. The highest BCUT2D eigenvalue weighted by Gasteiger charge is 2.32. The number of likely N-dealkylation sites (N-methyl/N-ethyl adjacent to an activating group) is 1. The molecule has 6 nitrogen and oxygen atoms in total. The van der Waals surface area contributed by atoms with Gasteiger partial charge in [0.05, 0.1) is 36.4 Å². The van der Waals surface area contributed by atoms with E-state index in [1.807, 2.05) is 43.8 Å². The summed E-state index contributed by atoms with van der Waals surface area (Å²) in [6.45, 7) is 8.75. The van der Waals surface area contributed by atoms with Crippen LogP contribution in [0.3, 0.4) is 0 Å². The van der Waals surface area contributed by atoms with Gasteiger partial charge in [0.2, 0.25) is 5.91 Å². The first-order valence-corrected chi connectivity index (χ1v) is 8.40. The van der Waals surface area contributed by atoms with Gasteiger partial charge in [0.15, 0.2) is 0 Å². The second kappa shape index (κ2) is 6.53. The third kappa shape index (κ3) is 3.30. The Morgan fingerprint density at radius 3 is 3.04 bits per heavy atom. The number of nitrogens with zero attached hydrogens (tertiary/aromatic N) is 3. The van der Waals surface area contributed by atoms with Crippen LogP contribution in [0.2, 0.25) is 0 Å². The lowest BCUT2D eigenvalue weighted by atomic mass is 10.0. The number of fused-ring (bicyclic) bond motifs is 1. The highest BCUT2D eigenvalue weighted by Crippen LogP contribution is 2.22. The van der Waals surface area contributed by atoms with E-state index < -0.39 is 5.54 Å². The van der Waals surface area contributed by atoms with Gasteiger partial charge in [-0.1, -0.05) is 6.07 Å². The molecule has 0 aromatic carbocycles. The lowest BCUT2D eigenvalue weighted by molar-refractivity contribution is -0.128. The van der Waals surface area contributed by atoms with E-state index in [0.717, 1.165) is 23.4 Å². The number of nitrogens with one attached hydrogen (secondary N) is 1. The van der Waals surface area contributed by atoms with Crippen molar-refractivity contribution in [3.05, 3.63) is 35.9 Å². The molecule has 1 aliphatic rings. The Kier molecular flexibility index (Phi) is 4.60. The number of ether oxygens (including phenoxy) is 1. The number of rotatable bonds is 3. The van der Waals surface area contributed by atoms with E-state index in [1.54, 1.807) is 0 Å². The molecule has 1 amide bonds. The minimum absolute atomic E-state index is 0.0122. The normalized spacial score (nSPS) is 20.1. The van der Waals surface area contributed by atoms with E-state index in [0.29, 0.717) is 19.8 Å². The summed E-state index contributed by atoms with van der Waals surface area (Å²) in [6.07, 6.45) is 3.85. The van der Waals surface area contributed by atoms with Crippen molar-refractivity contribution in [1.29, 1.82) is 0 Å². The maximum atomic E-state index is 12.8. The number of carbonyl (C=O) groups excluding carboxylic acids is 1. The first-order chi connectivity index (χ1) is 11.4. The highest BCUT2D eigenvalue weighted by atomic mass is 16.5. The monoisotopic (exact) mass is 330 g/mol. The van der Waals surface area contributed by atoms with Crippen LogP contribution in [-0.2, 0) is 15.1 Å². The molecule has 1 N–H and O–H groups in total. The lowest BCUT2D eigenvalue weighted by Gasteiger charge is -2.28. The molecule has 3 rings (SSSR count). The Bertz CT molecular complexity index is 738. The molecule has 0 radical (unpaired) electrons. The Balaban J connectivity index is 1.82. The number of aryl methyl sites for hydroxylation is 1. The van der Waals surface area contributed by atoms with Crippen LogP contribution < -0.4 is 5.32 Å². The van der Waals surface area contributed by atoms with E-state index in [4.69, 9.17) is 4.74 Å². The molecular formula is C18H26N4O2. The first kappa shape index (κ1) is 16.9. The van der Waals surface area contributed by atoms with Gasteiger partial charge in [0.1, 0.15) is 5.82 Å². The van der Waals surface area contributed by atoms with Crippen LogP contribution in [0.5, 0.6) is 0 Å². The van der Waals surface area contributed by atoms with Crippen molar-refractivity contribution in [3.63, 3.8) is 0 Å². The highest BCUT2D eigenvalue weighted by molar-refractivity contribution is 5.80. The van der Waals surface area contributed by atoms with Crippen molar-refractivity contribution in [2.75, 3.05) is 33.4 Å². The van der Waals surface area contributed by atoms with Crippen molar-refractivity contribution in [2.45, 2.75) is 26.3 Å². The zero-order valence-corrected chi connectivity index (χ0v) is 14.9. The smallest absolute Gasteiger partial charge is 0.227 e. The Labute approximate surface area is 142 Å². The topological polar surface area (TPSA) is 58.9 Å². The summed E-state index contributed by atoms with van der Waals surface area (Å²) < 4.78 is 7.61. The average molecular weight is 330 g/mol.